The SMILES string of the molecule is COc1cccc(NC2CCN(c3cc(C)c(-c4cn[nH]c4)cn3)C2=O)c1. The second kappa shape index (κ2) is 7.11. The van der Waals surface area contributed by atoms with Gasteiger partial charge in [-0.25, -0.2) is 4.98 Å². The number of aromatic amines is 1. The third kappa shape index (κ3) is 3.36. The fourth-order valence-electron chi connectivity index (χ4n) is 3.34. The number of hydrogen-bond donors (Lipinski definition) is 2. The molecule has 7 nitrogen and oxygen atoms in total. The minimum absolute atomic E-state index is 0.0285. The largest absolute Gasteiger partial charge is 0.497 e. The average Bonchev–Trinajstić information content (AvgIpc) is 3.33. The Bertz CT molecular complexity index is 955. The molecule has 27 heavy (non-hydrogen) atoms. The minimum Gasteiger partial charge on any atom is -0.497 e. The van der Waals surface area contributed by atoms with Crippen LogP contribution in [-0.4, -0.2) is 40.8 Å². The molecule has 4 rings (SSSR count). The Balaban J connectivity index is 1.51. The fraction of sp³-hybridized carbons (Fsp3) is 0.250. The zero-order valence-corrected chi connectivity index (χ0v) is 15.3. The first-order valence-corrected chi connectivity index (χ1v) is 8.83. The molecule has 7 heteroatoms. The summed E-state index contributed by atoms with van der Waals surface area (Å²) in [5, 5.41) is 10.1. The molecule has 1 aliphatic heterocycles. The van der Waals surface area contributed by atoms with E-state index in [1.807, 2.05) is 43.5 Å². The van der Waals surface area contributed by atoms with Crippen molar-refractivity contribution in [1.29, 1.82) is 0 Å². The van der Waals surface area contributed by atoms with Crippen molar-refractivity contribution < 1.29 is 9.53 Å². The monoisotopic (exact) mass is 363 g/mol. The molecule has 1 saturated heterocycles. The molecular weight excluding hydrogens is 342 g/mol. The first-order valence-electron chi connectivity index (χ1n) is 8.83. The van der Waals surface area contributed by atoms with Gasteiger partial charge in [0.1, 0.15) is 17.6 Å². The summed E-state index contributed by atoms with van der Waals surface area (Å²) in [5.41, 5.74) is 3.91. The highest BCUT2D eigenvalue weighted by atomic mass is 16.5. The van der Waals surface area contributed by atoms with Crippen LogP contribution in [0.3, 0.4) is 0 Å². The van der Waals surface area contributed by atoms with E-state index in [1.54, 1.807) is 24.4 Å². The van der Waals surface area contributed by atoms with Crippen LogP contribution in [0.25, 0.3) is 11.1 Å². The first-order chi connectivity index (χ1) is 13.2. The Morgan fingerprint density at radius 3 is 2.93 bits per heavy atom. The van der Waals surface area contributed by atoms with Gasteiger partial charge in [0.25, 0.3) is 5.91 Å². The zero-order chi connectivity index (χ0) is 18.8. The number of carbonyl (C=O) groups is 1. The lowest BCUT2D eigenvalue weighted by Gasteiger charge is -2.18. The summed E-state index contributed by atoms with van der Waals surface area (Å²) in [6.07, 6.45) is 6.11. The van der Waals surface area contributed by atoms with Gasteiger partial charge in [-0.15, -0.1) is 0 Å². The second-order valence-electron chi connectivity index (χ2n) is 6.55. The molecule has 138 valence electrons. The normalized spacial score (nSPS) is 16.6. The molecule has 2 aromatic heterocycles. The number of aryl methyl sites for hydroxylation is 1. The topological polar surface area (TPSA) is 83.1 Å². The van der Waals surface area contributed by atoms with Gasteiger partial charge in [-0.1, -0.05) is 6.07 Å². The Morgan fingerprint density at radius 1 is 1.30 bits per heavy atom. The fourth-order valence-corrected chi connectivity index (χ4v) is 3.34. The summed E-state index contributed by atoms with van der Waals surface area (Å²) in [7, 11) is 1.63. The number of hydrogen-bond acceptors (Lipinski definition) is 5. The molecule has 1 unspecified atom stereocenters. The van der Waals surface area contributed by atoms with E-state index in [4.69, 9.17) is 4.74 Å². The van der Waals surface area contributed by atoms with Crippen LogP contribution in [0.5, 0.6) is 5.75 Å². The van der Waals surface area contributed by atoms with Gasteiger partial charge >= 0.3 is 0 Å². The Morgan fingerprint density at radius 2 is 2.19 bits per heavy atom. The maximum absolute atomic E-state index is 12.9. The maximum atomic E-state index is 12.9. The molecule has 1 amide bonds. The molecule has 3 aromatic rings. The first kappa shape index (κ1) is 17.1. The van der Waals surface area contributed by atoms with Gasteiger partial charge in [0.15, 0.2) is 0 Å². The van der Waals surface area contributed by atoms with Crippen molar-refractivity contribution in [1.82, 2.24) is 15.2 Å². The van der Waals surface area contributed by atoms with Crippen molar-refractivity contribution in [2.75, 3.05) is 23.9 Å². The summed E-state index contributed by atoms with van der Waals surface area (Å²) < 4.78 is 5.24. The van der Waals surface area contributed by atoms with Crippen LogP contribution in [0.2, 0.25) is 0 Å². The number of amides is 1. The van der Waals surface area contributed by atoms with Crippen LogP contribution in [0.1, 0.15) is 12.0 Å². The predicted molar refractivity (Wildman–Crippen MR) is 104 cm³/mol. The molecule has 3 heterocycles. The van der Waals surface area contributed by atoms with Crippen LogP contribution in [0, 0.1) is 6.92 Å². The molecule has 1 atom stereocenters. The number of aromatic nitrogens is 3. The molecule has 1 fully saturated rings. The third-order valence-corrected chi connectivity index (χ3v) is 4.80. The van der Waals surface area contributed by atoms with E-state index in [1.165, 1.54) is 0 Å². The number of nitrogens with zero attached hydrogens (tertiary/aromatic N) is 3. The van der Waals surface area contributed by atoms with Crippen LogP contribution >= 0.6 is 0 Å². The summed E-state index contributed by atoms with van der Waals surface area (Å²) in [6.45, 7) is 2.65. The van der Waals surface area contributed by atoms with Gasteiger partial charge in [-0.3, -0.25) is 14.8 Å². The van der Waals surface area contributed by atoms with Crippen LogP contribution in [0.15, 0.2) is 48.9 Å². The van der Waals surface area contributed by atoms with E-state index < -0.39 is 0 Å². The molecule has 1 aliphatic rings. The van der Waals surface area contributed by atoms with E-state index in [9.17, 15) is 4.79 Å². The summed E-state index contributed by atoms with van der Waals surface area (Å²) in [5.74, 6) is 1.47. The van der Waals surface area contributed by atoms with Crippen LogP contribution < -0.4 is 15.0 Å². The molecule has 0 radical (unpaired) electrons. The molecule has 0 spiro atoms. The molecular formula is C20H21N5O2. The summed E-state index contributed by atoms with van der Waals surface area (Å²) >= 11 is 0. The van der Waals surface area contributed by atoms with Crippen molar-refractivity contribution in [2.45, 2.75) is 19.4 Å². The standard InChI is InChI=1S/C20H21N5O2/c1-13-8-19(21-12-17(13)14-10-22-23-11-14)25-7-6-18(20(25)26)24-15-4-3-5-16(9-15)27-2/h3-5,8-12,18,24H,6-7H2,1-2H3,(H,22,23). The summed E-state index contributed by atoms with van der Waals surface area (Å²) in [4.78, 5) is 19.1. The average molecular weight is 363 g/mol. The summed E-state index contributed by atoms with van der Waals surface area (Å²) in [6, 6.07) is 9.28. The highest BCUT2D eigenvalue weighted by molar-refractivity contribution is 6.00. The zero-order valence-electron chi connectivity index (χ0n) is 15.3. The van der Waals surface area contributed by atoms with Gasteiger partial charge < -0.3 is 10.1 Å². The molecule has 1 aromatic carbocycles. The number of nitrogens with one attached hydrogen (secondary N) is 2. The smallest absolute Gasteiger partial charge is 0.250 e. The highest BCUT2D eigenvalue weighted by Crippen LogP contribution is 2.28. The number of pyridine rings is 1. The van der Waals surface area contributed by atoms with Crippen molar-refractivity contribution in [3.63, 3.8) is 0 Å². The Hall–Kier alpha value is -3.35. The molecule has 0 aliphatic carbocycles. The third-order valence-electron chi connectivity index (χ3n) is 4.80. The second-order valence-corrected chi connectivity index (χ2v) is 6.55. The number of methoxy groups -OCH3 is 1. The lowest BCUT2D eigenvalue weighted by atomic mass is 10.1. The lowest BCUT2D eigenvalue weighted by Crippen LogP contribution is -2.33. The Kier molecular flexibility index (Phi) is 4.50. The Labute approximate surface area is 157 Å². The van der Waals surface area contributed by atoms with Crippen molar-refractivity contribution in [3.8, 4) is 16.9 Å². The number of carbonyl (C=O) groups excluding carboxylic acids is 1. The van der Waals surface area contributed by atoms with Gasteiger partial charge in [0.2, 0.25) is 0 Å². The van der Waals surface area contributed by atoms with Gasteiger partial charge in [0.05, 0.1) is 13.3 Å². The molecule has 2 N–H and O–H groups in total. The number of ether oxygens (including phenoxy) is 1. The van der Waals surface area contributed by atoms with Gasteiger partial charge in [-0.05, 0) is 37.1 Å². The molecule has 0 saturated carbocycles. The van der Waals surface area contributed by atoms with Crippen molar-refractivity contribution in [2.24, 2.45) is 0 Å². The lowest BCUT2D eigenvalue weighted by molar-refractivity contribution is -0.117. The van der Waals surface area contributed by atoms with Crippen LogP contribution in [0.4, 0.5) is 11.5 Å². The van der Waals surface area contributed by atoms with E-state index in [0.29, 0.717) is 12.4 Å². The number of H-pyrrole nitrogens is 1. The van der Waals surface area contributed by atoms with Gasteiger partial charge in [0, 0.05) is 41.8 Å². The highest BCUT2D eigenvalue weighted by Gasteiger charge is 2.33. The van der Waals surface area contributed by atoms with E-state index in [2.05, 4.69) is 20.5 Å². The number of anilines is 2. The van der Waals surface area contributed by atoms with Crippen LogP contribution in [-0.2, 0) is 4.79 Å². The maximum Gasteiger partial charge on any atom is 0.250 e. The van der Waals surface area contributed by atoms with Gasteiger partial charge in [-0.2, -0.15) is 5.10 Å². The minimum atomic E-state index is -0.271. The van der Waals surface area contributed by atoms with Crippen molar-refractivity contribution >= 4 is 17.4 Å². The predicted octanol–water partition coefficient (Wildman–Crippen LogP) is 3.01. The van der Waals surface area contributed by atoms with E-state index in [0.717, 1.165) is 34.5 Å². The molecule has 0 bridgehead atoms. The number of rotatable bonds is 5. The number of benzene rings is 1. The van der Waals surface area contributed by atoms with Crippen molar-refractivity contribution in [3.05, 3.63) is 54.5 Å². The van der Waals surface area contributed by atoms with E-state index >= 15 is 0 Å². The van der Waals surface area contributed by atoms with E-state index in [-0.39, 0.29) is 11.9 Å². The quantitative estimate of drug-likeness (QED) is 0.728.